The van der Waals surface area contributed by atoms with Crippen molar-refractivity contribution in [2.45, 2.75) is 13.8 Å². The van der Waals surface area contributed by atoms with E-state index in [0.717, 1.165) is 16.2 Å². The van der Waals surface area contributed by atoms with Gasteiger partial charge in [0.1, 0.15) is 0 Å². The molecule has 0 saturated heterocycles. The van der Waals surface area contributed by atoms with Gasteiger partial charge in [-0.2, -0.15) is 10.2 Å². The molecule has 3 rings (SSSR count). The van der Waals surface area contributed by atoms with E-state index in [2.05, 4.69) is 10.3 Å². The first kappa shape index (κ1) is 19.6. The van der Waals surface area contributed by atoms with Crippen LogP contribution in [0.2, 0.25) is 0 Å². The molecular formula is C18H16N6O5. The molecule has 11 heteroatoms. The van der Waals surface area contributed by atoms with Gasteiger partial charge in [-0.15, -0.1) is 0 Å². The van der Waals surface area contributed by atoms with Crippen molar-refractivity contribution in [2.75, 3.05) is 18.0 Å². The average Bonchev–Trinajstić information content (AvgIpc) is 3.18. The summed E-state index contributed by atoms with van der Waals surface area (Å²) in [6, 6.07) is 6.19. The Balaban J connectivity index is 2.06. The lowest BCUT2D eigenvalue weighted by atomic mass is 10.1. The number of aromatic nitrogens is 1. The number of imide groups is 1. The van der Waals surface area contributed by atoms with E-state index in [9.17, 15) is 25.0 Å². The van der Waals surface area contributed by atoms with E-state index in [1.54, 1.807) is 13.8 Å². The fraction of sp³-hybridized carbons (Fsp3) is 0.222. The number of nitriles is 1. The number of hydrogen-bond acceptors (Lipinski definition) is 7. The van der Waals surface area contributed by atoms with E-state index in [1.807, 2.05) is 6.07 Å². The molecule has 1 aromatic heterocycles. The zero-order valence-electron chi connectivity index (χ0n) is 15.6. The van der Waals surface area contributed by atoms with Gasteiger partial charge in [-0.05, 0) is 26.0 Å². The highest BCUT2D eigenvalue weighted by Gasteiger charge is 2.37. The number of urea groups is 2. The molecule has 0 saturated carbocycles. The largest absolute Gasteiger partial charge is 0.441 e. The summed E-state index contributed by atoms with van der Waals surface area (Å²) in [5, 5.41) is 22.8. The van der Waals surface area contributed by atoms with Crippen molar-refractivity contribution >= 4 is 23.6 Å². The number of amides is 4. The Labute approximate surface area is 165 Å². The quantitative estimate of drug-likeness (QED) is 0.617. The molecule has 0 radical (unpaired) electrons. The number of nitrogens with zero attached hydrogens (tertiary/aromatic N) is 5. The summed E-state index contributed by atoms with van der Waals surface area (Å²) in [6.45, 7) is 3.43. The van der Waals surface area contributed by atoms with E-state index >= 15 is 0 Å². The number of nitro benzene ring substituents is 1. The minimum Gasteiger partial charge on any atom is -0.441 e. The van der Waals surface area contributed by atoms with Crippen molar-refractivity contribution in [1.29, 1.82) is 5.26 Å². The molecule has 148 valence electrons. The summed E-state index contributed by atoms with van der Waals surface area (Å²) in [5.41, 5.74) is 0.870. The summed E-state index contributed by atoms with van der Waals surface area (Å²) < 4.78 is 5.41. The van der Waals surface area contributed by atoms with Crippen LogP contribution in [0.1, 0.15) is 13.8 Å². The third-order valence-corrected chi connectivity index (χ3v) is 4.32. The van der Waals surface area contributed by atoms with Crippen molar-refractivity contribution in [3.63, 3.8) is 0 Å². The van der Waals surface area contributed by atoms with Crippen LogP contribution >= 0.6 is 0 Å². The normalized spacial score (nSPS) is 14.0. The monoisotopic (exact) mass is 396 g/mol. The number of benzene rings is 1. The number of carbonyl (C=O) groups is 2. The Kier molecular flexibility index (Phi) is 5.27. The van der Waals surface area contributed by atoms with Crippen LogP contribution in [0.25, 0.3) is 11.3 Å². The van der Waals surface area contributed by atoms with Gasteiger partial charge in [0.15, 0.2) is 18.0 Å². The number of anilines is 1. The predicted molar refractivity (Wildman–Crippen MR) is 101 cm³/mol. The summed E-state index contributed by atoms with van der Waals surface area (Å²) in [5.74, 6) is 0.241. The highest BCUT2D eigenvalue weighted by molar-refractivity contribution is 6.06. The maximum atomic E-state index is 13.0. The molecule has 2 heterocycles. The number of allylic oxidation sites excluding steroid dienone is 1. The molecule has 1 N–H and O–H groups in total. The second-order valence-corrected chi connectivity index (χ2v) is 6.02. The average molecular weight is 396 g/mol. The minimum absolute atomic E-state index is 0.0723. The molecule has 4 amide bonds. The van der Waals surface area contributed by atoms with Gasteiger partial charge in [-0.25, -0.2) is 19.4 Å². The second-order valence-electron chi connectivity index (χ2n) is 6.02. The summed E-state index contributed by atoms with van der Waals surface area (Å²) in [4.78, 5) is 41.7. The Hall–Kier alpha value is -4.20. The highest BCUT2D eigenvalue weighted by atomic mass is 16.6. The molecule has 0 spiro atoms. The van der Waals surface area contributed by atoms with Gasteiger partial charge >= 0.3 is 12.1 Å². The summed E-state index contributed by atoms with van der Waals surface area (Å²) in [6.07, 6.45) is 1.11. The maximum absolute atomic E-state index is 13.0. The van der Waals surface area contributed by atoms with E-state index in [0.29, 0.717) is 17.8 Å². The lowest BCUT2D eigenvalue weighted by Crippen LogP contribution is -2.53. The molecule has 29 heavy (non-hydrogen) atoms. The number of nitro groups is 1. The van der Waals surface area contributed by atoms with Gasteiger partial charge < -0.3 is 9.73 Å². The van der Waals surface area contributed by atoms with Crippen molar-refractivity contribution in [3.05, 3.63) is 52.0 Å². The minimum atomic E-state index is -0.690. The Morgan fingerprint density at radius 2 is 2.10 bits per heavy atom. The molecule has 0 fully saturated rings. The highest BCUT2D eigenvalue weighted by Crippen LogP contribution is 2.35. The van der Waals surface area contributed by atoms with Crippen molar-refractivity contribution < 1.29 is 18.9 Å². The van der Waals surface area contributed by atoms with Crippen LogP contribution < -0.4 is 10.2 Å². The van der Waals surface area contributed by atoms with Crippen LogP contribution in [-0.4, -0.2) is 40.0 Å². The van der Waals surface area contributed by atoms with Gasteiger partial charge in [-0.3, -0.25) is 10.1 Å². The molecule has 0 bridgehead atoms. The topological polar surface area (TPSA) is 146 Å². The summed E-state index contributed by atoms with van der Waals surface area (Å²) in [7, 11) is 0. The Bertz CT molecular complexity index is 1050. The van der Waals surface area contributed by atoms with Gasteiger partial charge in [0.25, 0.3) is 5.69 Å². The molecule has 1 aliphatic heterocycles. The fourth-order valence-corrected chi connectivity index (χ4v) is 2.84. The van der Waals surface area contributed by atoms with E-state index in [4.69, 9.17) is 4.42 Å². The van der Waals surface area contributed by atoms with E-state index in [1.165, 1.54) is 24.3 Å². The molecule has 0 atom stereocenters. The molecule has 1 aliphatic rings. The van der Waals surface area contributed by atoms with Crippen LogP contribution in [0.5, 0.6) is 0 Å². The smallest absolute Gasteiger partial charge is 0.338 e. The van der Waals surface area contributed by atoms with E-state index < -0.39 is 17.0 Å². The van der Waals surface area contributed by atoms with Crippen LogP contribution in [-0.2, 0) is 0 Å². The third-order valence-electron chi connectivity index (χ3n) is 4.32. The Morgan fingerprint density at radius 1 is 1.41 bits per heavy atom. The lowest BCUT2D eigenvalue weighted by molar-refractivity contribution is -0.384. The molecule has 0 unspecified atom stereocenters. The molecule has 11 nitrogen and oxygen atoms in total. The first-order valence-corrected chi connectivity index (χ1v) is 8.56. The molecule has 1 aromatic carbocycles. The van der Waals surface area contributed by atoms with Gasteiger partial charge in [-0.1, -0.05) is 0 Å². The van der Waals surface area contributed by atoms with E-state index in [-0.39, 0.29) is 29.4 Å². The lowest BCUT2D eigenvalue weighted by Gasteiger charge is -2.33. The van der Waals surface area contributed by atoms with Crippen LogP contribution in [0.15, 0.2) is 46.3 Å². The molecular weight excluding hydrogens is 380 g/mol. The first-order valence-electron chi connectivity index (χ1n) is 8.56. The summed E-state index contributed by atoms with van der Waals surface area (Å²) >= 11 is 0. The number of nitrogens with one attached hydrogen (secondary N) is 1. The number of oxazole rings is 1. The van der Waals surface area contributed by atoms with Gasteiger partial charge in [0.05, 0.1) is 23.1 Å². The second kappa shape index (κ2) is 7.81. The van der Waals surface area contributed by atoms with Gasteiger partial charge in [0.2, 0.25) is 0 Å². The molecule has 0 aliphatic carbocycles. The number of rotatable bonds is 4. The zero-order valence-corrected chi connectivity index (χ0v) is 15.6. The maximum Gasteiger partial charge on any atom is 0.338 e. The zero-order chi connectivity index (χ0) is 21.1. The first-order chi connectivity index (χ1) is 13.9. The number of carbonyl (C=O) groups excluding carboxylic acids is 2. The van der Waals surface area contributed by atoms with Crippen LogP contribution in [0.3, 0.4) is 0 Å². The predicted octanol–water partition coefficient (Wildman–Crippen LogP) is 3.02. The fourth-order valence-electron chi connectivity index (χ4n) is 2.84. The molecule has 2 aromatic rings. The standard InChI is InChI=1S/C18H16N6O5/c1-3-20-17(25)22-9-13(8-19)11(2)23(18(22)26)16-15(29-10-21-16)12-4-6-14(7-5-12)24(27)28/h4-7,10H,3,9H2,1-2H3,(H,20,25). The number of non-ortho nitro benzene ring substituents is 1. The van der Waals surface area contributed by atoms with Crippen molar-refractivity contribution in [1.82, 2.24) is 15.2 Å². The van der Waals surface area contributed by atoms with Crippen LogP contribution in [0.4, 0.5) is 21.1 Å². The van der Waals surface area contributed by atoms with Gasteiger partial charge in [0, 0.05) is 29.9 Å². The van der Waals surface area contributed by atoms with Crippen molar-refractivity contribution in [2.24, 2.45) is 0 Å². The number of hydrogen-bond donors (Lipinski definition) is 1. The third kappa shape index (κ3) is 3.51. The Morgan fingerprint density at radius 3 is 2.69 bits per heavy atom. The SMILES string of the molecule is CCNC(=O)N1CC(C#N)=C(C)N(c2ncoc2-c2ccc([N+](=O)[O-])cc2)C1=O. The van der Waals surface area contributed by atoms with Crippen molar-refractivity contribution in [3.8, 4) is 17.4 Å². The van der Waals surface area contributed by atoms with Crippen LogP contribution in [0, 0.1) is 21.4 Å².